The van der Waals surface area contributed by atoms with Crippen molar-refractivity contribution in [3.8, 4) is 11.5 Å². The number of aldehydes is 1. The highest BCUT2D eigenvalue weighted by atomic mass is 19.3. The van der Waals surface area contributed by atoms with Gasteiger partial charge in [0.05, 0.1) is 12.7 Å². The summed E-state index contributed by atoms with van der Waals surface area (Å²) in [7, 11) is 0. The van der Waals surface area contributed by atoms with Crippen LogP contribution in [0.25, 0.3) is 0 Å². The largest absolute Gasteiger partial charge is 0.447 e. The van der Waals surface area contributed by atoms with Crippen LogP contribution in [0.15, 0.2) is 55.0 Å². The summed E-state index contributed by atoms with van der Waals surface area (Å²) in [4.78, 5) is 14.3. The lowest BCUT2D eigenvalue weighted by Gasteiger charge is -2.35. The maximum absolute atomic E-state index is 15.6. The van der Waals surface area contributed by atoms with E-state index in [1.165, 1.54) is 24.3 Å². The normalized spacial score (nSPS) is 13.1. The Morgan fingerprint density at radius 1 is 1.12 bits per heavy atom. The van der Waals surface area contributed by atoms with Crippen LogP contribution in [0.2, 0.25) is 0 Å². The highest BCUT2D eigenvalue weighted by molar-refractivity contribution is 5.74. The molecule has 1 atom stereocenters. The Hall–Kier alpha value is -4.37. The number of aromatic nitrogens is 5. The summed E-state index contributed by atoms with van der Waals surface area (Å²) in [6.45, 7) is -0.994. The van der Waals surface area contributed by atoms with Crippen molar-refractivity contribution in [2.75, 3.05) is 0 Å². The minimum absolute atomic E-state index is 0.0876. The summed E-state index contributed by atoms with van der Waals surface area (Å²) in [5.41, 5.74) is -4.87. The van der Waals surface area contributed by atoms with Crippen molar-refractivity contribution in [1.29, 1.82) is 0 Å². The molecule has 12 heteroatoms. The second-order valence-corrected chi connectivity index (χ2v) is 7.08. The summed E-state index contributed by atoms with van der Waals surface area (Å²) in [5, 5.41) is 21.2. The van der Waals surface area contributed by atoms with Gasteiger partial charge in [-0.25, -0.2) is 18.4 Å². The van der Waals surface area contributed by atoms with Crippen LogP contribution >= 0.6 is 0 Å². The highest BCUT2D eigenvalue weighted by Crippen LogP contribution is 2.46. The number of rotatable bonds is 8. The summed E-state index contributed by atoms with van der Waals surface area (Å²) in [6, 6.07) is 12.2. The number of carbonyl (C=O) groups excluding carboxylic acids is 1. The van der Waals surface area contributed by atoms with Gasteiger partial charge < -0.3 is 9.84 Å². The number of hydrogen-bond acceptors (Lipinski definition) is 7. The summed E-state index contributed by atoms with van der Waals surface area (Å²) >= 11 is 0. The van der Waals surface area contributed by atoms with Crippen molar-refractivity contribution in [3.05, 3.63) is 95.6 Å². The molecule has 34 heavy (non-hydrogen) atoms. The molecule has 0 aliphatic rings. The zero-order chi connectivity index (χ0) is 24.3. The summed E-state index contributed by atoms with van der Waals surface area (Å²) in [6.07, 6.45) is 2.49. The fourth-order valence-corrected chi connectivity index (χ4v) is 3.12. The molecule has 1 unspecified atom stereocenters. The van der Waals surface area contributed by atoms with Crippen molar-refractivity contribution in [2.45, 2.75) is 18.1 Å². The molecule has 2 aromatic heterocycles. The standard InChI is InChI=1S/C22H13F4N5O3/c23-15-3-7-18(19(24)9-15)21(33,12-31-13-28-29-30-31)22(25,26)20-8-6-17(10-27-20)34-16-4-1-14(11-32)2-5-16/h1-5,7,9-11,13,33H,12H2. The minimum atomic E-state index is -4.27. The molecular formula is C22H13F4N5O3. The van der Waals surface area contributed by atoms with Crippen molar-refractivity contribution in [3.63, 3.8) is 0 Å². The van der Waals surface area contributed by atoms with Crippen LogP contribution in [0.3, 0.4) is 0 Å². The number of benzene rings is 2. The molecular weight excluding hydrogens is 458 g/mol. The van der Waals surface area contributed by atoms with Crippen LogP contribution in [-0.4, -0.2) is 36.6 Å². The Kier molecular flexibility index (Phi) is 5.95. The third-order valence-electron chi connectivity index (χ3n) is 4.83. The van der Waals surface area contributed by atoms with E-state index < -0.39 is 41.0 Å². The van der Waals surface area contributed by atoms with E-state index in [9.17, 15) is 18.7 Å². The van der Waals surface area contributed by atoms with Gasteiger partial charge in [-0.15, -0.1) is 5.10 Å². The van der Waals surface area contributed by atoms with E-state index >= 15 is 8.78 Å². The van der Waals surface area contributed by atoms with E-state index in [2.05, 4.69) is 32.6 Å². The number of carbonyl (C=O) groups is 1. The van der Waals surface area contributed by atoms with Gasteiger partial charge in [-0.1, -0.05) is 0 Å². The van der Waals surface area contributed by atoms with Crippen LogP contribution in [-0.2, 0) is 18.1 Å². The number of aliphatic hydroxyl groups is 1. The topological polar surface area (TPSA) is 103 Å². The van der Waals surface area contributed by atoms with E-state index in [1.54, 1.807) is 0 Å². The SMILES string of the molecule is O=Cc1ccc(Oc2c#cc(C(F)(F)C(O)(Cn3cnnn3)c3ccc(F)cc3F)nc2)cc1. The van der Waals surface area contributed by atoms with E-state index in [1.807, 2.05) is 0 Å². The number of nitrogens with zero attached hydrogens (tertiary/aromatic N) is 5. The molecule has 0 fully saturated rings. The van der Waals surface area contributed by atoms with Gasteiger partial charge in [-0.3, -0.25) is 4.79 Å². The second kappa shape index (κ2) is 8.87. The molecule has 0 aliphatic carbocycles. The molecule has 0 bridgehead atoms. The molecule has 2 heterocycles. The first-order valence-corrected chi connectivity index (χ1v) is 9.53. The molecule has 0 amide bonds. The number of ether oxygens (including phenoxy) is 1. The molecule has 0 radical (unpaired) electrons. The zero-order valence-electron chi connectivity index (χ0n) is 17.0. The van der Waals surface area contributed by atoms with Gasteiger partial charge in [0.1, 0.15) is 30.0 Å². The smallest absolute Gasteiger partial charge is 0.331 e. The maximum Gasteiger partial charge on any atom is 0.331 e. The van der Waals surface area contributed by atoms with E-state index in [0.29, 0.717) is 24.0 Å². The predicted molar refractivity (Wildman–Crippen MR) is 106 cm³/mol. The second-order valence-electron chi connectivity index (χ2n) is 7.08. The average Bonchev–Trinajstić information content (AvgIpc) is 3.32. The number of tetrazole rings is 1. The average molecular weight is 471 g/mol. The predicted octanol–water partition coefficient (Wildman–Crippen LogP) is 3.23. The van der Waals surface area contributed by atoms with E-state index in [0.717, 1.165) is 23.3 Å². The van der Waals surface area contributed by atoms with E-state index in [4.69, 9.17) is 4.74 Å². The van der Waals surface area contributed by atoms with Crippen molar-refractivity contribution < 1.29 is 32.2 Å². The van der Waals surface area contributed by atoms with Gasteiger partial charge in [-0.05, 0) is 59.0 Å². The Balaban J connectivity index is 1.68. The molecule has 0 spiro atoms. The monoisotopic (exact) mass is 471 g/mol. The molecule has 172 valence electrons. The van der Waals surface area contributed by atoms with Gasteiger partial charge in [0.15, 0.2) is 17.0 Å². The quantitative estimate of drug-likeness (QED) is 0.311. The molecule has 0 saturated carbocycles. The van der Waals surface area contributed by atoms with Crippen molar-refractivity contribution in [1.82, 2.24) is 25.2 Å². The van der Waals surface area contributed by atoms with Crippen molar-refractivity contribution >= 4 is 6.29 Å². The molecule has 0 aliphatic heterocycles. The molecule has 1 N–H and O–H groups in total. The maximum atomic E-state index is 15.6. The fourth-order valence-electron chi connectivity index (χ4n) is 3.12. The first-order chi connectivity index (χ1) is 16.2. The van der Waals surface area contributed by atoms with Crippen molar-refractivity contribution in [2.24, 2.45) is 0 Å². The van der Waals surface area contributed by atoms with Gasteiger partial charge in [0, 0.05) is 17.2 Å². The third-order valence-corrected chi connectivity index (χ3v) is 4.83. The number of alkyl halides is 2. The number of hydrogen-bond donors (Lipinski definition) is 1. The molecule has 4 aromatic rings. The highest BCUT2D eigenvalue weighted by Gasteiger charge is 2.58. The Morgan fingerprint density at radius 2 is 1.88 bits per heavy atom. The van der Waals surface area contributed by atoms with Crippen LogP contribution in [0, 0.1) is 23.8 Å². The van der Waals surface area contributed by atoms with Crippen LogP contribution in [0.5, 0.6) is 11.5 Å². The third kappa shape index (κ3) is 4.28. The first kappa shape index (κ1) is 22.8. The van der Waals surface area contributed by atoms with Crippen LogP contribution in [0.1, 0.15) is 21.6 Å². The summed E-state index contributed by atoms with van der Waals surface area (Å²) < 4.78 is 65.3. The van der Waals surface area contributed by atoms with Gasteiger partial charge in [0.2, 0.25) is 0 Å². The van der Waals surface area contributed by atoms with Gasteiger partial charge >= 0.3 is 5.92 Å². The Morgan fingerprint density at radius 3 is 2.47 bits per heavy atom. The van der Waals surface area contributed by atoms with Crippen LogP contribution < -0.4 is 4.74 Å². The summed E-state index contributed by atoms with van der Waals surface area (Å²) in [5.74, 6) is -6.50. The van der Waals surface area contributed by atoms with Crippen LogP contribution in [0.4, 0.5) is 17.6 Å². The lowest BCUT2D eigenvalue weighted by molar-refractivity contribution is -0.207. The zero-order valence-corrected chi connectivity index (χ0v) is 17.0. The number of halogens is 4. The molecule has 4 rings (SSSR count). The molecule has 2 aromatic carbocycles. The molecule has 8 nitrogen and oxygen atoms in total. The minimum Gasteiger partial charge on any atom is -0.447 e. The van der Waals surface area contributed by atoms with Gasteiger partial charge in [0.25, 0.3) is 0 Å². The Bertz CT molecular complexity index is 1290. The van der Waals surface area contributed by atoms with Gasteiger partial charge in [-0.2, -0.15) is 8.78 Å². The first-order valence-electron chi connectivity index (χ1n) is 9.53. The van der Waals surface area contributed by atoms with E-state index in [-0.39, 0.29) is 11.5 Å². The molecule has 0 saturated heterocycles. The fraction of sp³-hybridized carbons (Fsp3) is 0.136. The lowest BCUT2D eigenvalue weighted by Crippen LogP contribution is -2.48. The lowest BCUT2D eigenvalue weighted by atomic mass is 9.85. The Labute approximate surface area is 189 Å².